The third kappa shape index (κ3) is 2.01. The molecule has 14 heavy (non-hydrogen) atoms. The first-order valence-corrected chi connectivity index (χ1v) is 5.06. The molecule has 1 aromatic heterocycles. The monoisotopic (exact) mass is 192 g/mol. The van der Waals surface area contributed by atoms with Crippen LogP contribution in [0.4, 0.5) is 5.95 Å². The lowest BCUT2D eigenvalue weighted by molar-refractivity contribution is 0.495. The molecular weight excluding hydrogens is 176 g/mol. The molecular formula is C10H16N4. The molecule has 1 aliphatic heterocycles. The summed E-state index contributed by atoms with van der Waals surface area (Å²) >= 11 is 0. The smallest absolute Gasteiger partial charge is 0.225 e. The molecule has 0 bridgehead atoms. The minimum absolute atomic E-state index is 0.357. The summed E-state index contributed by atoms with van der Waals surface area (Å²) in [4.78, 5) is 10.9. The van der Waals surface area contributed by atoms with Gasteiger partial charge in [0.1, 0.15) is 0 Å². The maximum atomic E-state index is 5.84. The van der Waals surface area contributed by atoms with Crippen molar-refractivity contribution >= 4 is 5.95 Å². The molecule has 0 amide bonds. The highest BCUT2D eigenvalue weighted by Gasteiger charge is 2.17. The van der Waals surface area contributed by atoms with E-state index >= 15 is 0 Å². The molecule has 0 atom stereocenters. The Hall–Kier alpha value is -1.16. The Morgan fingerprint density at radius 1 is 1.43 bits per heavy atom. The van der Waals surface area contributed by atoms with Crippen LogP contribution in [0.1, 0.15) is 18.5 Å². The summed E-state index contributed by atoms with van der Waals surface area (Å²) in [6, 6.07) is 2.27. The number of piperidine rings is 1. The van der Waals surface area contributed by atoms with Gasteiger partial charge in [0.05, 0.1) is 0 Å². The Balaban J connectivity index is 2.08. The van der Waals surface area contributed by atoms with Gasteiger partial charge in [-0.1, -0.05) is 0 Å². The first kappa shape index (κ1) is 9.40. The molecule has 1 aliphatic rings. The molecule has 2 N–H and O–H groups in total. The van der Waals surface area contributed by atoms with Gasteiger partial charge in [0.2, 0.25) is 5.95 Å². The molecule has 2 heterocycles. The van der Waals surface area contributed by atoms with Gasteiger partial charge in [0.15, 0.2) is 0 Å². The summed E-state index contributed by atoms with van der Waals surface area (Å²) < 4.78 is 0. The number of rotatable bonds is 1. The Bertz CT molecular complexity index is 305. The zero-order chi connectivity index (χ0) is 9.97. The lowest BCUT2D eigenvalue weighted by Crippen LogP contribution is -2.40. The number of aromatic nitrogens is 2. The zero-order valence-corrected chi connectivity index (χ0v) is 8.48. The van der Waals surface area contributed by atoms with Crippen LogP contribution in [0.2, 0.25) is 0 Å². The van der Waals surface area contributed by atoms with Gasteiger partial charge in [-0.15, -0.1) is 0 Å². The van der Waals surface area contributed by atoms with E-state index in [0.29, 0.717) is 6.04 Å². The average Bonchev–Trinajstić information content (AvgIpc) is 2.19. The van der Waals surface area contributed by atoms with E-state index in [1.165, 1.54) is 0 Å². The molecule has 1 saturated heterocycles. The second kappa shape index (κ2) is 3.92. The van der Waals surface area contributed by atoms with Crippen molar-refractivity contribution in [3.63, 3.8) is 0 Å². The molecule has 0 radical (unpaired) electrons. The minimum atomic E-state index is 0.357. The van der Waals surface area contributed by atoms with Gasteiger partial charge in [-0.05, 0) is 25.8 Å². The first-order chi connectivity index (χ1) is 6.75. The van der Waals surface area contributed by atoms with Crippen LogP contribution in [0.5, 0.6) is 0 Å². The van der Waals surface area contributed by atoms with Crippen LogP contribution in [0, 0.1) is 6.92 Å². The van der Waals surface area contributed by atoms with Gasteiger partial charge < -0.3 is 10.6 Å². The van der Waals surface area contributed by atoms with Crippen LogP contribution in [0.3, 0.4) is 0 Å². The summed E-state index contributed by atoms with van der Waals surface area (Å²) in [5.41, 5.74) is 6.86. The topological polar surface area (TPSA) is 55.0 Å². The van der Waals surface area contributed by atoms with Crippen molar-refractivity contribution in [2.24, 2.45) is 5.73 Å². The van der Waals surface area contributed by atoms with Crippen molar-refractivity contribution in [2.75, 3.05) is 18.0 Å². The number of aryl methyl sites for hydroxylation is 1. The summed E-state index contributed by atoms with van der Waals surface area (Å²) in [7, 11) is 0. The molecule has 0 spiro atoms. The van der Waals surface area contributed by atoms with E-state index in [4.69, 9.17) is 5.73 Å². The Labute approximate surface area is 84.2 Å². The van der Waals surface area contributed by atoms with E-state index in [1.54, 1.807) is 0 Å². The highest BCUT2D eigenvalue weighted by Crippen LogP contribution is 2.14. The molecule has 1 fully saturated rings. The van der Waals surface area contributed by atoms with Crippen LogP contribution in [0.25, 0.3) is 0 Å². The number of hydrogen-bond acceptors (Lipinski definition) is 4. The summed E-state index contributed by atoms with van der Waals surface area (Å²) in [5, 5.41) is 0. The van der Waals surface area contributed by atoms with Crippen molar-refractivity contribution in [1.82, 2.24) is 9.97 Å². The van der Waals surface area contributed by atoms with E-state index in [2.05, 4.69) is 14.9 Å². The number of nitrogens with zero attached hydrogens (tertiary/aromatic N) is 3. The molecule has 76 valence electrons. The van der Waals surface area contributed by atoms with Crippen molar-refractivity contribution in [2.45, 2.75) is 25.8 Å². The van der Waals surface area contributed by atoms with Crippen molar-refractivity contribution in [3.8, 4) is 0 Å². The molecule has 4 nitrogen and oxygen atoms in total. The van der Waals surface area contributed by atoms with Crippen molar-refractivity contribution in [1.29, 1.82) is 0 Å². The molecule has 0 saturated carbocycles. The van der Waals surface area contributed by atoms with Gasteiger partial charge in [-0.2, -0.15) is 0 Å². The van der Waals surface area contributed by atoms with Gasteiger partial charge in [-0.25, -0.2) is 9.97 Å². The standard InChI is InChI=1S/C10H16N4/c1-8-2-5-12-10(13-8)14-6-3-9(11)4-7-14/h2,5,9H,3-4,6-7,11H2,1H3. The lowest BCUT2D eigenvalue weighted by atomic mass is 10.1. The summed E-state index contributed by atoms with van der Waals surface area (Å²) in [5.74, 6) is 0.844. The molecule has 0 aliphatic carbocycles. The Morgan fingerprint density at radius 3 is 2.79 bits per heavy atom. The van der Waals surface area contributed by atoms with Crippen LogP contribution < -0.4 is 10.6 Å². The quantitative estimate of drug-likeness (QED) is 0.712. The highest BCUT2D eigenvalue weighted by molar-refractivity contribution is 5.30. The predicted molar refractivity (Wildman–Crippen MR) is 56.2 cm³/mol. The Morgan fingerprint density at radius 2 is 2.14 bits per heavy atom. The zero-order valence-electron chi connectivity index (χ0n) is 8.48. The number of hydrogen-bond donors (Lipinski definition) is 1. The van der Waals surface area contributed by atoms with Crippen LogP contribution in [-0.4, -0.2) is 29.1 Å². The third-order valence-corrected chi connectivity index (χ3v) is 2.60. The summed E-state index contributed by atoms with van der Waals surface area (Å²) in [6.45, 7) is 3.94. The Kier molecular flexibility index (Phi) is 2.63. The largest absolute Gasteiger partial charge is 0.341 e. The van der Waals surface area contributed by atoms with E-state index in [0.717, 1.165) is 37.6 Å². The predicted octanol–water partition coefficient (Wildman–Crippen LogP) is 0.713. The van der Waals surface area contributed by atoms with E-state index in [-0.39, 0.29) is 0 Å². The fourth-order valence-corrected chi connectivity index (χ4v) is 1.69. The van der Waals surface area contributed by atoms with E-state index < -0.39 is 0 Å². The summed E-state index contributed by atoms with van der Waals surface area (Å²) in [6.07, 6.45) is 3.89. The fourth-order valence-electron chi connectivity index (χ4n) is 1.69. The normalized spacial score (nSPS) is 18.6. The number of nitrogens with two attached hydrogens (primary N) is 1. The molecule has 0 aromatic carbocycles. The molecule has 2 rings (SSSR count). The van der Waals surface area contributed by atoms with E-state index in [9.17, 15) is 0 Å². The van der Waals surface area contributed by atoms with Gasteiger partial charge in [0.25, 0.3) is 0 Å². The lowest BCUT2D eigenvalue weighted by Gasteiger charge is -2.30. The van der Waals surface area contributed by atoms with Crippen LogP contribution >= 0.6 is 0 Å². The van der Waals surface area contributed by atoms with Gasteiger partial charge in [-0.3, -0.25) is 0 Å². The second-order valence-electron chi connectivity index (χ2n) is 3.82. The van der Waals surface area contributed by atoms with Crippen LogP contribution in [0.15, 0.2) is 12.3 Å². The third-order valence-electron chi connectivity index (χ3n) is 2.60. The molecule has 1 aromatic rings. The van der Waals surface area contributed by atoms with Crippen molar-refractivity contribution < 1.29 is 0 Å². The van der Waals surface area contributed by atoms with Crippen molar-refractivity contribution in [3.05, 3.63) is 18.0 Å². The van der Waals surface area contributed by atoms with E-state index in [1.807, 2.05) is 19.2 Å². The minimum Gasteiger partial charge on any atom is -0.341 e. The SMILES string of the molecule is Cc1ccnc(N2CCC(N)CC2)n1. The first-order valence-electron chi connectivity index (χ1n) is 5.06. The molecule has 0 unspecified atom stereocenters. The maximum Gasteiger partial charge on any atom is 0.225 e. The molecule has 4 heteroatoms. The van der Waals surface area contributed by atoms with Crippen LogP contribution in [-0.2, 0) is 0 Å². The second-order valence-corrected chi connectivity index (χ2v) is 3.82. The maximum absolute atomic E-state index is 5.84. The fraction of sp³-hybridized carbons (Fsp3) is 0.600. The van der Waals surface area contributed by atoms with Gasteiger partial charge >= 0.3 is 0 Å². The average molecular weight is 192 g/mol. The number of anilines is 1. The van der Waals surface area contributed by atoms with Gasteiger partial charge in [0, 0.05) is 31.0 Å². The highest BCUT2D eigenvalue weighted by atomic mass is 15.3.